The summed E-state index contributed by atoms with van der Waals surface area (Å²) < 4.78 is 0. The van der Waals surface area contributed by atoms with E-state index in [2.05, 4.69) is 34.9 Å². The lowest BCUT2D eigenvalue weighted by atomic mass is 9.99. The van der Waals surface area contributed by atoms with Crippen molar-refractivity contribution in [2.75, 3.05) is 13.6 Å². The number of nitrogens with one attached hydrogen (secondary N) is 2. The number of carbonyl (C=O) groups excluding carboxylic acids is 1. The fourth-order valence-corrected chi connectivity index (χ4v) is 2.15. The van der Waals surface area contributed by atoms with Crippen LogP contribution in [0.15, 0.2) is 60.7 Å². The van der Waals surface area contributed by atoms with Gasteiger partial charge in [0.1, 0.15) is 0 Å². The van der Waals surface area contributed by atoms with Crippen LogP contribution in [-0.2, 0) is 11.2 Å². The van der Waals surface area contributed by atoms with Crippen LogP contribution in [0.3, 0.4) is 0 Å². The van der Waals surface area contributed by atoms with Crippen molar-refractivity contribution in [2.45, 2.75) is 12.5 Å². The molecule has 3 heteroatoms. The predicted octanol–water partition coefficient (Wildman–Crippen LogP) is 2.31. The first-order chi connectivity index (χ1) is 9.79. The molecule has 0 aliphatic carbocycles. The summed E-state index contributed by atoms with van der Waals surface area (Å²) in [6.07, 6.45) is 0.863. The molecule has 0 aliphatic rings. The summed E-state index contributed by atoms with van der Waals surface area (Å²) in [7, 11) is 1.65. The Hall–Kier alpha value is -2.13. The van der Waals surface area contributed by atoms with Crippen LogP contribution in [0, 0.1) is 0 Å². The molecule has 1 atom stereocenters. The molecule has 0 saturated heterocycles. The minimum Gasteiger partial charge on any atom is -0.358 e. The van der Waals surface area contributed by atoms with E-state index in [0.717, 1.165) is 6.42 Å². The predicted molar refractivity (Wildman–Crippen MR) is 81.4 cm³/mol. The molecule has 0 aromatic heterocycles. The Balaban J connectivity index is 2.10. The zero-order valence-corrected chi connectivity index (χ0v) is 11.7. The normalized spacial score (nSPS) is 11.8. The van der Waals surface area contributed by atoms with Crippen molar-refractivity contribution >= 4 is 5.91 Å². The molecule has 2 aromatic rings. The van der Waals surface area contributed by atoms with Crippen molar-refractivity contribution in [3.8, 4) is 0 Å². The van der Waals surface area contributed by atoms with E-state index >= 15 is 0 Å². The second kappa shape index (κ2) is 7.46. The number of hydrogen-bond donors (Lipinski definition) is 2. The summed E-state index contributed by atoms with van der Waals surface area (Å²) in [5.74, 6) is -0.000933. The van der Waals surface area contributed by atoms with Gasteiger partial charge in [-0.3, -0.25) is 4.79 Å². The molecule has 1 unspecified atom stereocenters. The highest BCUT2D eigenvalue weighted by Gasteiger charge is 2.12. The van der Waals surface area contributed by atoms with Crippen LogP contribution in [0.25, 0.3) is 0 Å². The van der Waals surface area contributed by atoms with Gasteiger partial charge < -0.3 is 10.6 Å². The second-order valence-electron chi connectivity index (χ2n) is 4.71. The smallest absolute Gasteiger partial charge is 0.233 e. The monoisotopic (exact) mass is 268 g/mol. The maximum absolute atomic E-state index is 11.4. The molecule has 0 radical (unpaired) electrons. The van der Waals surface area contributed by atoms with Gasteiger partial charge in [-0.1, -0.05) is 60.7 Å². The van der Waals surface area contributed by atoms with Crippen molar-refractivity contribution in [1.82, 2.24) is 10.6 Å². The van der Waals surface area contributed by atoms with Gasteiger partial charge in [0.05, 0.1) is 6.54 Å². The average molecular weight is 268 g/mol. The number of rotatable bonds is 6. The zero-order valence-electron chi connectivity index (χ0n) is 11.7. The van der Waals surface area contributed by atoms with Gasteiger partial charge in [-0.2, -0.15) is 0 Å². The highest BCUT2D eigenvalue weighted by molar-refractivity contribution is 5.77. The van der Waals surface area contributed by atoms with E-state index in [1.807, 2.05) is 36.4 Å². The molecule has 0 heterocycles. The first-order valence-corrected chi connectivity index (χ1v) is 6.82. The van der Waals surface area contributed by atoms with Crippen molar-refractivity contribution in [3.63, 3.8) is 0 Å². The minimum atomic E-state index is -0.000933. The molecule has 0 spiro atoms. The number of amides is 1. The lowest BCUT2D eigenvalue weighted by Gasteiger charge is -2.19. The molecule has 0 saturated carbocycles. The molecule has 2 aromatic carbocycles. The van der Waals surface area contributed by atoms with Crippen LogP contribution in [0.1, 0.15) is 17.2 Å². The van der Waals surface area contributed by atoms with Crippen LogP contribution < -0.4 is 10.6 Å². The van der Waals surface area contributed by atoms with E-state index in [1.54, 1.807) is 7.05 Å². The van der Waals surface area contributed by atoms with Crippen LogP contribution in [-0.4, -0.2) is 19.5 Å². The number of likely N-dealkylation sites (N-methyl/N-ethyl adjacent to an activating group) is 1. The maximum Gasteiger partial charge on any atom is 0.233 e. The lowest BCUT2D eigenvalue weighted by Crippen LogP contribution is -2.34. The molecule has 20 heavy (non-hydrogen) atoms. The lowest BCUT2D eigenvalue weighted by molar-refractivity contribution is -0.119. The van der Waals surface area contributed by atoms with Crippen LogP contribution in [0.5, 0.6) is 0 Å². The van der Waals surface area contributed by atoms with Crippen molar-refractivity contribution < 1.29 is 4.79 Å². The third kappa shape index (κ3) is 4.21. The van der Waals surface area contributed by atoms with E-state index in [-0.39, 0.29) is 11.9 Å². The molecule has 104 valence electrons. The first-order valence-electron chi connectivity index (χ1n) is 6.82. The molecule has 3 nitrogen and oxygen atoms in total. The van der Waals surface area contributed by atoms with Crippen molar-refractivity contribution in [3.05, 3.63) is 71.8 Å². The van der Waals surface area contributed by atoms with Crippen LogP contribution in [0.2, 0.25) is 0 Å². The topological polar surface area (TPSA) is 41.1 Å². The Labute approximate surface area is 120 Å². The summed E-state index contributed by atoms with van der Waals surface area (Å²) in [4.78, 5) is 11.4. The number of benzene rings is 2. The number of carbonyl (C=O) groups is 1. The van der Waals surface area contributed by atoms with Gasteiger partial charge in [0.2, 0.25) is 5.91 Å². The van der Waals surface area contributed by atoms with Crippen molar-refractivity contribution in [1.29, 1.82) is 0 Å². The summed E-state index contributed by atoms with van der Waals surface area (Å²) in [6.45, 7) is 0.322. The van der Waals surface area contributed by atoms with Gasteiger partial charge in [0.25, 0.3) is 0 Å². The fourth-order valence-electron chi connectivity index (χ4n) is 2.15. The van der Waals surface area contributed by atoms with E-state index in [0.29, 0.717) is 6.54 Å². The van der Waals surface area contributed by atoms with Crippen molar-refractivity contribution in [2.24, 2.45) is 0 Å². The third-order valence-corrected chi connectivity index (χ3v) is 3.27. The van der Waals surface area contributed by atoms with E-state index in [4.69, 9.17) is 0 Å². The fraction of sp³-hybridized carbons (Fsp3) is 0.235. The van der Waals surface area contributed by atoms with Crippen LogP contribution in [0.4, 0.5) is 0 Å². The zero-order chi connectivity index (χ0) is 14.2. The molecular weight excluding hydrogens is 248 g/mol. The van der Waals surface area contributed by atoms with Gasteiger partial charge in [0.15, 0.2) is 0 Å². The van der Waals surface area contributed by atoms with Gasteiger partial charge in [-0.15, -0.1) is 0 Å². The first kappa shape index (κ1) is 14.3. The molecule has 0 bridgehead atoms. The molecule has 2 rings (SSSR count). The van der Waals surface area contributed by atoms with Gasteiger partial charge in [0, 0.05) is 13.1 Å². The Morgan fingerprint density at radius 2 is 1.60 bits per heavy atom. The van der Waals surface area contributed by atoms with E-state index in [9.17, 15) is 4.79 Å². The molecular formula is C17H20N2O. The van der Waals surface area contributed by atoms with Crippen LogP contribution >= 0.6 is 0 Å². The van der Waals surface area contributed by atoms with Gasteiger partial charge in [-0.05, 0) is 17.5 Å². The Morgan fingerprint density at radius 3 is 2.20 bits per heavy atom. The number of hydrogen-bond acceptors (Lipinski definition) is 2. The molecule has 0 fully saturated rings. The standard InChI is InChI=1S/C17H20N2O/c1-18-17(20)13-19-16(15-10-6-3-7-11-15)12-14-8-4-2-5-9-14/h2-11,16,19H,12-13H2,1H3,(H,18,20). The largest absolute Gasteiger partial charge is 0.358 e. The third-order valence-electron chi connectivity index (χ3n) is 3.27. The van der Waals surface area contributed by atoms with E-state index < -0.39 is 0 Å². The Kier molecular flexibility index (Phi) is 5.33. The summed E-state index contributed by atoms with van der Waals surface area (Å²) >= 11 is 0. The Morgan fingerprint density at radius 1 is 1.00 bits per heavy atom. The second-order valence-corrected chi connectivity index (χ2v) is 4.71. The Bertz CT molecular complexity index is 525. The van der Waals surface area contributed by atoms with Gasteiger partial charge in [-0.25, -0.2) is 0 Å². The summed E-state index contributed by atoms with van der Waals surface area (Å²) in [6, 6.07) is 20.7. The minimum absolute atomic E-state index is 0.000933. The van der Waals surface area contributed by atoms with Gasteiger partial charge >= 0.3 is 0 Å². The quantitative estimate of drug-likeness (QED) is 0.844. The molecule has 2 N–H and O–H groups in total. The highest BCUT2D eigenvalue weighted by atomic mass is 16.1. The summed E-state index contributed by atoms with van der Waals surface area (Å²) in [5.41, 5.74) is 2.45. The summed E-state index contributed by atoms with van der Waals surface area (Å²) in [5, 5.41) is 5.96. The highest BCUT2D eigenvalue weighted by Crippen LogP contribution is 2.18. The van der Waals surface area contributed by atoms with E-state index in [1.165, 1.54) is 11.1 Å². The molecule has 0 aliphatic heterocycles. The molecule has 1 amide bonds. The maximum atomic E-state index is 11.4. The average Bonchev–Trinajstić information content (AvgIpc) is 2.53. The SMILES string of the molecule is CNC(=O)CNC(Cc1ccccc1)c1ccccc1.